The van der Waals surface area contributed by atoms with Gasteiger partial charge in [0.05, 0.1) is 5.60 Å². The van der Waals surface area contributed by atoms with Crippen LogP contribution in [0.4, 0.5) is 0 Å². The predicted molar refractivity (Wildman–Crippen MR) is 49.6 cm³/mol. The minimum Gasteiger partial charge on any atom is -0.388 e. The Labute approximate surface area is 82.8 Å². The Morgan fingerprint density at radius 2 is 2.21 bits per heavy atom. The maximum atomic E-state index is 11.2. The van der Waals surface area contributed by atoms with E-state index in [0.717, 1.165) is 0 Å². The van der Waals surface area contributed by atoms with Gasteiger partial charge in [-0.25, -0.2) is 0 Å². The van der Waals surface area contributed by atoms with E-state index in [1.807, 2.05) is 0 Å². The van der Waals surface area contributed by atoms with Gasteiger partial charge in [0.25, 0.3) is 0 Å². The van der Waals surface area contributed by atoms with Crippen molar-refractivity contribution in [3.63, 3.8) is 0 Å². The van der Waals surface area contributed by atoms with E-state index in [-0.39, 0.29) is 11.9 Å². The molecule has 0 aromatic heterocycles. The van der Waals surface area contributed by atoms with Gasteiger partial charge in [-0.1, -0.05) is 0 Å². The number of nitrogens with two attached hydrogens (primary N) is 1. The number of hydrogen-bond acceptors (Lipinski definition) is 4. The third-order valence-electron chi connectivity index (χ3n) is 2.95. The second-order valence-corrected chi connectivity index (χ2v) is 4.16. The number of likely N-dealkylation sites (tertiary alicyclic amines) is 1. The number of carbonyl (C=O) groups excluding carboxylic acids is 1. The molecule has 14 heavy (non-hydrogen) atoms. The van der Waals surface area contributed by atoms with Gasteiger partial charge < -0.3 is 20.5 Å². The molecular weight excluding hydrogens is 184 g/mol. The number of ether oxygens (including phenoxy) is 1. The van der Waals surface area contributed by atoms with Crippen molar-refractivity contribution in [3.8, 4) is 0 Å². The molecular formula is C9H16N2O3. The summed E-state index contributed by atoms with van der Waals surface area (Å²) in [6.07, 6.45) is 1.21. The standard InChI is InChI=1S/C9H16N2O3/c10-7-5-11(8(7)12)6-9(13)1-3-14-4-2-9/h7,13H,1-6,10H2. The van der Waals surface area contributed by atoms with E-state index in [1.54, 1.807) is 4.90 Å². The van der Waals surface area contributed by atoms with E-state index in [1.165, 1.54) is 0 Å². The topological polar surface area (TPSA) is 75.8 Å². The van der Waals surface area contributed by atoms with Crippen molar-refractivity contribution in [2.75, 3.05) is 26.3 Å². The van der Waals surface area contributed by atoms with Crippen molar-refractivity contribution < 1.29 is 14.6 Å². The van der Waals surface area contributed by atoms with Crippen LogP contribution < -0.4 is 5.73 Å². The smallest absolute Gasteiger partial charge is 0.241 e. The fraction of sp³-hybridized carbons (Fsp3) is 0.889. The van der Waals surface area contributed by atoms with Crippen LogP contribution in [-0.4, -0.2) is 53.9 Å². The second kappa shape index (κ2) is 3.49. The summed E-state index contributed by atoms with van der Waals surface area (Å²) in [5.74, 6) is -0.0510. The van der Waals surface area contributed by atoms with Crippen LogP contribution in [-0.2, 0) is 9.53 Å². The number of rotatable bonds is 2. The molecule has 1 amide bonds. The summed E-state index contributed by atoms with van der Waals surface area (Å²) in [5, 5.41) is 10.1. The summed E-state index contributed by atoms with van der Waals surface area (Å²) >= 11 is 0. The highest BCUT2D eigenvalue weighted by atomic mass is 16.5. The van der Waals surface area contributed by atoms with Gasteiger partial charge in [0.2, 0.25) is 5.91 Å². The zero-order chi connectivity index (χ0) is 10.2. The minimum absolute atomic E-state index is 0.0510. The molecule has 0 bridgehead atoms. The highest BCUT2D eigenvalue weighted by molar-refractivity contribution is 5.87. The van der Waals surface area contributed by atoms with Crippen LogP contribution in [0.15, 0.2) is 0 Å². The number of amides is 1. The van der Waals surface area contributed by atoms with Crippen LogP contribution in [0.3, 0.4) is 0 Å². The van der Waals surface area contributed by atoms with Gasteiger partial charge in [-0.05, 0) is 0 Å². The molecule has 0 spiro atoms. The number of hydrogen-bond donors (Lipinski definition) is 2. The number of aliphatic hydroxyl groups is 1. The first-order valence-electron chi connectivity index (χ1n) is 4.95. The van der Waals surface area contributed by atoms with Crippen LogP contribution in [0.5, 0.6) is 0 Å². The van der Waals surface area contributed by atoms with Crippen molar-refractivity contribution in [2.45, 2.75) is 24.5 Å². The third kappa shape index (κ3) is 1.75. The lowest BCUT2D eigenvalue weighted by Crippen LogP contribution is -2.64. The average molecular weight is 200 g/mol. The molecule has 0 saturated carbocycles. The van der Waals surface area contributed by atoms with E-state index in [4.69, 9.17) is 10.5 Å². The van der Waals surface area contributed by atoms with Gasteiger partial charge >= 0.3 is 0 Å². The molecule has 5 nitrogen and oxygen atoms in total. The SMILES string of the molecule is NC1CN(CC2(O)CCOCC2)C1=O. The molecule has 80 valence electrons. The monoisotopic (exact) mass is 200 g/mol. The normalized spacial score (nSPS) is 31.4. The van der Waals surface area contributed by atoms with Crippen LogP contribution >= 0.6 is 0 Å². The van der Waals surface area contributed by atoms with E-state index in [0.29, 0.717) is 39.1 Å². The Morgan fingerprint density at radius 3 is 2.71 bits per heavy atom. The molecule has 2 aliphatic heterocycles. The molecule has 2 aliphatic rings. The third-order valence-corrected chi connectivity index (χ3v) is 2.95. The summed E-state index contributed by atoms with van der Waals surface area (Å²) in [5.41, 5.74) is 4.71. The Hall–Kier alpha value is -0.650. The van der Waals surface area contributed by atoms with E-state index in [9.17, 15) is 9.90 Å². The van der Waals surface area contributed by atoms with Crippen LogP contribution in [0.1, 0.15) is 12.8 Å². The lowest BCUT2D eigenvalue weighted by Gasteiger charge is -2.43. The molecule has 0 aromatic carbocycles. The van der Waals surface area contributed by atoms with Crippen molar-refractivity contribution >= 4 is 5.91 Å². The molecule has 1 unspecified atom stereocenters. The molecule has 2 fully saturated rings. The van der Waals surface area contributed by atoms with Gasteiger partial charge in [0.1, 0.15) is 6.04 Å². The van der Waals surface area contributed by atoms with Gasteiger partial charge in [-0.15, -0.1) is 0 Å². The fourth-order valence-corrected chi connectivity index (χ4v) is 1.93. The second-order valence-electron chi connectivity index (χ2n) is 4.16. The van der Waals surface area contributed by atoms with Crippen molar-refractivity contribution in [1.29, 1.82) is 0 Å². The number of β-amino-alcohol motifs (C(OH)–C–C–N with tert-alkyl or cyclic N) is 1. The molecule has 2 saturated heterocycles. The highest BCUT2D eigenvalue weighted by Crippen LogP contribution is 2.23. The minimum atomic E-state index is -0.756. The van der Waals surface area contributed by atoms with E-state index < -0.39 is 5.60 Å². The average Bonchev–Trinajstić information content (AvgIpc) is 2.18. The largest absolute Gasteiger partial charge is 0.388 e. The van der Waals surface area contributed by atoms with Crippen LogP contribution in [0.2, 0.25) is 0 Å². The summed E-state index contributed by atoms with van der Waals surface area (Å²) in [4.78, 5) is 12.9. The first kappa shape index (κ1) is 9.89. The zero-order valence-corrected chi connectivity index (χ0v) is 8.11. The fourth-order valence-electron chi connectivity index (χ4n) is 1.93. The molecule has 0 radical (unpaired) electrons. The zero-order valence-electron chi connectivity index (χ0n) is 8.11. The summed E-state index contributed by atoms with van der Waals surface area (Å²) in [6, 6.07) is -0.349. The quantitative estimate of drug-likeness (QED) is 0.543. The highest BCUT2D eigenvalue weighted by Gasteiger charge is 2.40. The summed E-state index contributed by atoms with van der Waals surface area (Å²) in [6.45, 7) is 2.13. The molecule has 3 N–H and O–H groups in total. The summed E-state index contributed by atoms with van der Waals surface area (Å²) < 4.78 is 5.16. The lowest BCUT2D eigenvalue weighted by atomic mass is 9.92. The maximum Gasteiger partial charge on any atom is 0.241 e. The van der Waals surface area contributed by atoms with Crippen molar-refractivity contribution in [1.82, 2.24) is 4.90 Å². The number of nitrogens with zero attached hydrogens (tertiary/aromatic N) is 1. The Balaban J connectivity index is 1.87. The number of carbonyl (C=O) groups is 1. The Morgan fingerprint density at radius 1 is 1.57 bits per heavy atom. The predicted octanol–water partition coefficient (Wildman–Crippen LogP) is -1.30. The van der Waals surface area contributed by atoms with Crippen LogP contribution in [0.25, 0.3) is 0 Å². The van der Waals surface area contributed by atoms with Gasteiger partial charge in [0, 0.05) is 39.1 Å². The summed E-state index contributed by atoms with van der Waals surface area (Å²) in [7, 11) is 0. The molecule has 5 heteroatoms. The Bertz CT molecular complexity index is 238. The lowest BCUT2D eigenvalue weighted by molar-refractivity contribution is -0.151. The molecule has 1 atom stereocenters. The van der Waals surface area contributed by atoms with Gasteiger partial charge in [-0.2, -0.15) is 0 Å². The molecule has 0 aliphatic carbocycles. The van der Waals surface area contributed by atoms with Crippen molar-refractivity contribution in [2.24, 2.45) is 5.73 Å². The van der Waals surface area contributed by atoms with Crippen LogP contribution in [0, 0.1) is 0 Å². The first-order chi connectivity index (χ1) is 6.61. The van der Waals surface area contributed by atoms with Crippen molar-refractivity contribution in [3.05, 3.63) is 0 Å². The maximum absolute atomic E-state index is 11.2. The molecule has 2 heterocycles. The van der Waals surface area contributed by atoms with Gasteiger partial charge in [0.15, 0.2) is 0 Å². The molecule has 0 aromatic rings. The molecule has 2 rings (SSSR count). The van der Waals surface area contributed by atoms with E-state index in [2.05, 4.69) is 0 Å². The first-order valence-corrected chi connectivity index (χ1v) is 4.95. The Kier molecular flexibility index (Phi) is 2.47. The van der Waals surface area contributed by atoms with Gasteiger partial charge in [-0.3, -0.25) is 4.79 Å². The van der Waals surface area contributed by atoms with E-state index >= 15 is 0 Å². The number of β-lactam (4-membered cyclic amide) rings is 1.